The Labute approximate surface area is 115 Å². The lowest BCUT2D eigenvalue weighted by Crippen LogP contribution is -2.04. The molecule has 0 fully saturated rings. The van der Waals surface area contributed by atoms with E-state index in [9.17, 15) is 0 Å². The quantitative estimate of drug-likeness (QED) is 0.844. The minimum atomic E-state index is 0.273. The van der Waals surface area contributed by atoms with Crippen molar-refractivity contribution >= 4 is 23.1 Å². The lowest BCUT2D eigenvalue weighted by atomic mass is 10.2. The van der Waals surface area contributed by atoms with Gasteiger partial charge in [-0.15, -0.1) is 0 Å². The Morgan fingerprint density at radius 3 is 2.95 bits per heavy atom. The van der Waals surface area contributed by atoms with E-state index in [2.05, 4.69) is 10.3 Å². The summed E-state index contributed by atoms with van der Waals surface area (Å²) in [4.78, 5) is 4.13. The number of aromatic nitrogens is 1. The highest BCUT2D eigenvalue weighted by Gasteiger charge is 2.13. The zero-order chi connectivity index (χ0) is 13.2. The molecule has 0 amide bonds. The van der Waals surface area contributed by atoms with E-state index in [1.807, 2.05) is 18.2 Å². The molecule has 0 radical (unpaired) electrons. The molecule has 0 spiro atoms. The minimum Gasteiger partial charge on any atom is -0.454 e. The van der Waals surface area contributed by atoms with Gasteiger partial charge in [-0.1, -0.05) is 17.7 Å². The van der Waals surface area contributed by atoms with Crippen molar-refractivity contribution < 1.29 is 9.47 Å². The molecule has 0 aliphatic carbocycles. The van der Waals surface area contributed by atoms with Gasteiger partial charge in [0.05, 0.1) is 5.69 Å². The van der Waals surface area contributed by atoms with E-state index in [0.717, 1.165) is 17.1 Å². The molecule has 0 unspecified atom stereocenters. The molecular weight excluding hydrogens is 266 g/mol. The van der Waals surface area contributed by atoms with Crippen LogP contribution in [0, 0.1) is 0 Å². The van der Waals surface area contributed by atoms with Crippen molar-refractivity contribution in [1.82, 2.24) is 4.98 Å². The average Bonchev–Trinajstić information content (AvgIpc) is 2.87. The van der Waals surface area contributed by atoms with E-state index in [-0.39, 0.29) is 6.79 Å². The van der Waals surface area contributed by atoms with Crippen molar-refractivity contribution in [2.24, 2.45) is 0 Å². The molecule has 1 aromatic heterocycles. The summed E-state index contributed by atoms with van der Waals surface area (Å²) in [5.74, 6) is 2.10. The van der Waals surface area contributed by atoms with Gasteiger partial charge in [0, 0.05) is 6.54 Å². The van der Waals surface area contributed by atoms with Gasteiger partial charge < -0.3 is 20.5 Å². The van der Waals surface area contributed by atoms with E-state index >= 15 is 0 Å². The summed E-state index contributed by atoms with van der Waals surface area (Å²) in [7, 11) is 0. The number of benzene rings is 1. The summed E-state index contributed by atoms with van der Waals surface area (Å²) < 4.78 is 10.6. The van der Waals surface area contributed by atoms with Crippen LogP contribution in [-0.2, 0) is 6.54 Å². The number of halogens is 1. The third-order valence-electron chi connectivity index (χ3n) is 2.79. The maximum atomic E-state index is 5.83. The van der Waals surface area contributed by atoms with Crippen LogP contribution in [0.15, 0.2) is 30.3 Å². The van der Waals surface area contributed by atoms with Gasteiger partial charge in [0.25, 0.3) is 0 Å². The summed E-state index contributed by atoms with van der Waals surface area (Å²) >= 11 is 5.83. The topological polar surface area (TPSA) is 69.4 Å². The maximum Gasteiger partial charge on any atom is 0.231 e. The fourth-order valence-electron chi connectivity index (χ4n) is 1.82. The summed E-state index contributed by atoms with van der Waals surface area (Å²) in [6.45, 7) is 0.850. The first-order valence-corrected chi connectivity index (χ1v) is 6.14. The molecule has 98 valence electrons. The standard InChI is InChI=1S/C13H12ClN3O2/c14-12-4-2-9(15)13(17-12)16-6-8-1-3-10-11(5-8)19-7-18-10/h1-5H,6-7,15H2,(H,16,17). The number of rotatable bonds is 3. The Morgan fingerprint density at radius 2 is 2.05 bits per heavy atom. The lowest BCUT2D eigenvalue weighted by molar-refractivity contribution is 0.174. The predicted octanol–water partition coefficient (Wildman–Crippen LogP) is 2.66. The Morgan fingerprint density at radius 1 is 1.21 bits per heavy atom. The van der Waals surface area contributed by atoms with Crippen molar-refractivity contribution in [2.45, 2.75) is 6.54 Å². The molecule has 5 nitrogen and oxygen atoms in total. The number of nitrogens with one attached hydrogen (secondary N) is 1. The minimum absolute atomic E-state index is 0.273. The fraction of sp³-hybridized carbons (Fsp3) is 0.154. The number of nitrogen functional groups attached to an aromatic ring is 1. The molecule has 3 N–H and O–H groups in total. The predicted molar refractivity (Wildman–Crippen MR) is 73.6 cm³/mol. The average molecular weight is 278 g/mol. The highest BCUT2D eigenvalue weighted by molar-refractivity contribution is 6.29. The monoisotopic (exact) mass is 277 g/mol. The zero-order valence-corrected chi connectivity index (χ0v) is 10.8. The van der Waals surface area contributed by atoms with Gasteiger partial charge in [0.2, 0.25) is 6.79 Å². The Balaban J connectivity index is 1.74. The second kappa shape index (κ2) is 4.85. The van der Waals surface area contributed by atoms with Gasteiger partial charge in [0.1, 0.15) is 5.15 Å². The van der Waals surface area contributed by atoms with Crippen LogP contribution in [0.2, 0.25) is 5.15 Å². The smallest absolute Gasteiger partial charge is 0.231 e. The van der Waals surface area contributed by atoms with Crippen LogP contribution in [0.25, 0.3) is 0 Å². The third kappa shape index (κ3) is 2.51. The summed E-state index contributed by atoms with van der Waals surface area (Å²) in [5, 5.41) is 3.55. The number of anilines is 2. The van der Waals surface area contributed by atoms with E-state index in [4.69, 9.17) is 26.8 Å². The Bertz CT molecular complexity index is 619. The van der Waals surface area contributed by atoms with E-state index in [1.54, 1.807) is 12.1 Å². The van der Waals surface area contributed by atoms with Gasteiger partial charge in [-0.3, -0.25) is 0 Å². The van der Waals surface area contributed by atoms with Crippen LogP contribution in [0.5, 0.6) is 11.5 Å². The molecule has 1 aromatic carbocycles. The van der Waals surface area contributed by atoms with Gasteiger partial charge in [-0.2, -0.15) is 0 Å². The van der Waals surface area contributed by atoms with Crippen molar-refractivity contribution in [2.75, 3.05) is 17.8 Å². The van der Waals surface area contributed by atoms with Crippen molar-refractivity contribution in [1.29, 1.82) is 0 Å². The fourth-order valence-corrected chi connectivity index (χ4v) is 1.97. The molecule has 0 bridgehead atoms. The number of hydrogen-bond acceptors (Lipinski definition) is 5. The maximum absolute atomic E-state index is 5.83. The summed E-state index contributed by atoms with van der Waals surface area (Å²) in [6, 6.07) is 9.14. The summed E-state index contributed by atoms with van der Waals surface area (Å²) in [6.07, 6.45) is 0. The van der Waals surface area contributed by atoms with Gasteiger partial charge in [0.15, 0.2) is 17.3 Å². The normalized spacial score (nSPS) is 12.5. The number of nitrogens with zero attached hydrogens (tertiary/aromatic N) is 1. The second-order valence-corrected chi connectivity index (χ2v) is 4.50. The van der Waals surface area contributed by atoms with Crippen LogP contribution >= 0.6 is 11.6 Å². The molecule has 19 heavy (non-hydrogen) atoms. The third-order valence-corrected chi connectivity index (χ3v) is 3.00. The molecule has 3 rings (SSSR count). The molecular formula is C13H12ClN3O2. The van der Waals surface area contributed by atoms with Crippen LogP contribution in [-0.4, -0.2) is 11.8 Å². The molecule has 2 aromatic rings. The highest BCUT2D eigenvalue weighted by Crippen LogP contribution is 2.32. The van der Waals surface area contributed by atoms with Crippen LogP contribution in [0.4, 0.5) is 11.5 Å². The van der Waals surface area contributed by atoms with E-state index in [1.165, 1.54) is 0 Å². The molecule has 0 atom stereocenters. The molecule has 0 saturated carbocycles. The molecule has 1 aliphatic heterocycles. The lowest BCUT2D eigenvalue weighted by Gasteiger charge is -2.09. The number of pyridine rings is 1. The van der Waals surface area contributed by atoms with E-state index < -0.39 is 0 Å². The first-order chi connectivity index (χ1) is 9.22. The highest BCUT2D eigenvalue weighted by atomic mass is 35.5. The first kappa shape index (κ1) is 11.9. The number of ether oxygens (including phenoxy) is 2. The summed E-state index contributed by atoms with van der Waals surface area (Å²) in [5.41, 5.74) is 7.42. The van der Waals surface area contributed by atoms with Gasteiger partial charge in [-0.25, -0.2) is 4.98 Å². The number of hydrogen-bond donors (Lipinski definition) is 2. The Hall–Kier alpha value is -2.14. The largest absolute Gasteiger partial charge is 0.454 e. The SMILES string of the molecule is Nc1ccc(Cl)nc1NCc1ccc2c(c1)OCO2. The number of fused-ring (bicyclic) bond motifs is 1. The van der Waals surface area contributed by atoms with Crippen LogP contribution < -0.4 is 20.5 Å². The molecule has 1 aliphatic rings. The van der Waals surface area contributed by atoms with Gasteiger partial charge in [-0.05, 0) is 29.8 Å². The van der Waals surface area contributed by atoms with Gasteiger partial charge >= 0.3 is 0 Å². The zero-order valence-electron chi connectivity index (χ0n) is 10.0. The van der Waals surface area contributed by atoms with Crippen molar-refractivity contribution in [3.63, 3.8) is 0 Å². The molecule has 0 saturated heterocycles. The van der Waals surface area contributed by atoms with Crippen molar-refractivity contribution in [3.05, 3.63) is 41.0 Å². The van der Waals surface area contributed by atoms with Crippen LogP contribution in [0.3, 0.4) is 0 Å². The molecule has 6 heteroatoms. The van der Waals surface area contributed by atoms with Crippen LogP contribution in [0.1, 0.15) is 5.56 Å². The molecule has 2 heterocycles. The Kier molecular flexibility index (Phi) is 3.05. The first-order valence-electron chi connectivity index (χ1n) is 5.77. The number of nitrogens with two attached hydrogens (primary N) is 1. The second-order valence-electron chi connectivity index (χ2n) is 4.11. The van der Waals surface area contributed by atoms with E-state index in [0.29, 0.717) is 23.2 Å². The van der Waals surface area contributed by atoms with Crippen molar-refractivity contribution in [3.8, 4) is 11.5 Å².